The van der Waals surface area contributed by atoms with E-state index in [4.69, 9.17) is 5.11 Å². The van der Waals surface area contributed by atoms with Gasteiger partial charge in [-0.3, -0.25) is 0 Å². The monoisotopic (exact) mass is 251 g/mol. The predicted octanol–water partition coefficient (Wildman–Crippen LogP) is 3.00. The summed E-state index contributed by atoms with van der Waals surface area (Å²) in [6.45, 7) is 2.77. The van der Waals surface area contributed by atoms with Crippen LogP contribution in [0, 0.1) is 6.92 Å². The molecule has 0 aromatic heterocycles. The molecular weight excluding hydrogens is 234 g/mol. The van der Waals surface area contributed by atoms with Crippen LogP contribution in [0.4, 0.5) is 5.69 Å². The highest BCUT2D eigenvalue weighted by Crippen LogP contribution is 2.47. The molecule has 1 aromatic carbocycles. The molecule has 0 atom stereocenters. The molecule has 3 nitrogen and oxygen atoms in total. The van der Waals surface area contributed by atoms with Crippen molar-refractivity contribution in [1.82, 2.24) is 0 Å². The second-order valence-electron chi connectivity index (χ2n) is 4.52. The van der Waals surface area contributed by atoms with E-state index in [1.54, 1.807) is 12.1 Å². The van der Waals surface area contributed by atoms with Crippen LogP contribution in [0.1, 0.15) is 28.8 Å². The fourth-order valence-electron chi connectivity index (χ4n) is 1.91. The van der Waals surface area contributed by atoms with Gasteiger partial charge in [0.25, 0.3) is 0 Å². The number of aromatic carboxylic acids is 1. The van der Waals surface area contributed by atoms with Crippen molar-refractivity contribution in [2.75, 3.05) is 18.1 Å². The van der Waals surface area contributed by atoms with Gasteiger partial charge >= 0.3 is 5.97 Å². The topological polar surface area (TPSA) is 49.3 Å². The van der Waals surface area contributed by atoms with Crippen LogP contribution in [0.5, 0.6) is 0 Å². The number of rotatable bonds is 5. The second kappa shape index (κ2) is 4.61. The number of anilines is 1. The van der Waals surface area contributed by atoms with Gasteiger partial charge in [0.2, 0.25) is 0 Å². The summed E-state index contributed by atoms with van der Waals surface area (Å²) in [7, 11) is 0. The van der Waals surface area contributed by atoms with E-state index in [0.29, 0.717) is 10.3 Å². The Bertz CT molecular complexity index is 441. The van der Waals surface area contributed by atoms with Crippen LogP contribution in [0.25, 0.3) is 0 Å². The standard InChI is InChI=1S/C13H17NO2S/c1-9-10(12(15)16)4-3-5-11(9)14-8-13(17-2)6-7-13/h3-5,14H,6-8H2,1-2H3,(H,15,16). The van der Waals surface area contributed by atoms with Crippen molar-refractivity contribution in [3.05, 3.63) is 29.3 Å². The zero-order chi connectivity index (χ0) is 12.5. The van der Waals surface area contributed by atoms with E-state index in [1.807, 2.05) is 24.8 Å². The molecule has 0 heterocycles. The molecule has 0 amide bonds. The number of carboxylic acids is 1. The lowest BCUT2D eigenvalue weighted by Gasteiger charge is -2.16. The zero-order valence-electron chi connectivity index (χ0n) is 10.1. The predicted molar refractivity (Wildman–Crippen MR) is 72.1 cm³/mol. The Kier molecular flexibility index (Phi) is 3.33. The van der Waals surface area contributed by atoms with Crippen LogP contribution < -0.4 is 5.32 Å². The SMILES string of the molecule is CSC1(CNc2cccc(C(=O)O)c2C)CC1. The van der Waals surface area contributed by atoms with Crippen molar-refractivity contribution in [2.24, 2.45) is 0 Å². The van der Waals surface area contributed by atoms with Crippen molar-refractivity contribution < 1.29 is 9.90 Å². The van der Waals surface area contributed by atoms with Gasteiger partial charge in [-0.05, 0) is 43.7 Å². The molecule has 0 spiro atoms. The van der Waals surface area contributed by atoms with Gasteiger partial charge in [-0.2, -0.15) is 11.8 Å². The van der Waals surface area contributed by atoms with Gasteiger partial charge in [0.05, 0.1) is 5.56 Å². The molecule has 0 aliphatic heterocycles. The average molecular weight is 251 g/mol. The van der Waals surface area contributed by atoms with Crippen molar-refractivity contribution in [2.45, 2.75) is 24.5 Å². The first-order chi connectivity index (χ1) is 8.08. The zero-order valence-corrected chi connectivity index (χ0v) is 10.9. The Morgan fingerprint density at radius 2 is 2.24 bits per heavy atom. The fraction of sp³-hybridized carbons (Fsp3) is 0.462. The molecule has 0 saturated heterocycles. The summed E-state index contributed by atoms with van der Waals surface area (Å²) in [5.74, 6) is -0.864. The number of carboxylic acid groups (broad SMARTS) is 1. The first kappa shape index (κ1) is 12.3. The fourth-order valence-corrected chi connectivity index (χ4v) is 2.63. The largest absolute Gasteiger partial charge is 0.478 e. The maximum Gasteiger partial charge on any atom is 0.336 e. The second-order valence-corrected chi connectivity index (χ2v) is 5.80. The Hall–Kier alpha value is -1.16. The molecule has 0 bridgehead atoms. The summed E-state index contributed by atoms with van der Waals surface area (Å²) in [5.41, 5.74) is 2.13. The van der Waals surface area contributed by atoms with E-state index in [0.717, 1.165) is 17.8 Å². The van der Waals surface area contributed by atoms with Crippen LogP contribution in [-0.2, 0) is 0 Å². The molecule has 17 heavy (non-hydrogen) atoms. The minimum absolute atomic E-state index is 0.379. The molecule has 1 fully saturated rings. The van der Waals surface area contributed by atoms with Gasteiger partial charge in [-0.25, -0.2) is 4.79 Å². The maximum absolute atomic E-state index is 11.0. The highest BCUT2D eigenvalue weighted by Gasteiger charge is 2.41. The van der Waals surface area contributed by atoms with Crippen molar-refractivity contribution in [3.63, 3.8) is 0 Å². The molecule has 0 unspecified atom stereocenters. The minimum Gasteiger partial charge on any atom is -0.478 e. The van der Waals surface area contributed by atoms with Crippen LogP contribution >= 0.6 is 11.8 Å². The lowest BCUT2D eigenvalue weighted by Crippen LogP contribution is -2.18. The molecule has 1 aromatic rings. The molecule has 0 radical (unpaired) electrons. The lowest BCUT2D eigenvalue weighted by molar-refractivity contribution is 0.0696. The van der Waals surface area contributed by atoms with E-state index in [1.165, 1.54) is 12.8 Å². The molecule has 92 valence electrons. The molecule has 2 N–H and O–H groups in total. The quantitative estimate of drug-likeness (QED) is 0.844. The van der Waals surface area contributed by atoms with Gasteiger partial charge in [-0.15, -0.1) is 0 Å². The summed E-state index contributed by atoms with van der Waals surface area (Å²) in [6, 6.07) is 5.37. The Morgan fingerprint density at radius 3 is 2.76 bits per heavy atom. The third kappa shape index (κ3) is 2.57. The highest BCUT2D eigenvalue weighted by atomic mass is 32.2. The van der Waals surface area contributed by atoms with Crippen molar-refractivity contribution in [1.29, 1.82) is 0 Å². The summed E-state index contributed by atoms with van der Waals surface area (Å²) < 4.78 is 0.381. The maximum atomic E-state index is 11.0. The number of hydrogen-bond acceptors (Lipinski definition) is 3. The minimum atomic E-state index is -0.864. The third-order valence-corrected chi connectivity index (χ3v) is 4.82. The number of nitrogens with one attached hydrogen (secondary N) is 1. The van der Waals surface area contributed by atoms with Gasteiger partial charge in [-0.1, -0.05) is 6.07 Å². The summed E-state index contributed by atoms with van der Waals surface area (Å²) in [6.07, 6.45) is 4.63. The number of benzene rings is 1. The Balaban J connectivity index is 2.11. The molecule has 4 heteroatoms. The number of thioether (sulfide) groups is 1. The highest BCUT2D eigenvalue weighted by molar-refractivity contribution is 8.00. The normalized spacial score (nSPS) is 16.6. The summed E-state index contributed by atoms with van der Waals surface area (Å²) in [5, 5.41) is 12.4. The van der Waals surface area contributed by atoms with E-state index >= 15 is 0 Å². The van der Waals surface area contributed by atoms with E-state index in [2.05, 4.69) is 11.6 Å². The van der Waals surface area contributed by atoms with Crippen molar-refractivity contribution in [3.8, 4) is 0 Å². The Morgan fingerprint density at radius 1 is 1.53 bits per heavy atom. The average Bonchev–Trinajstić information content (AvgIpc) is 3.08. The summed E-state index contributed by atoms with van der Waals surface area (Å²) in [4.78, 5) is 11.0. The van der Waals surface area contributed by atoms with Gasteiger partial charge in [0.1, 0.15) is 0 Å². The van der Waals surface area contributed by atoms with Crippen LogP contribution in [0.2, 0.25) is 0 Å². The first-order valence-electron chi connectivity index (χ1n) is 5.70. The molecule has 2 rings (SSSR count). The molecule has 1 aliphatic carbocycles. The number of carbonyl (C=O) groups is 1. The third-order valence-electron chi connectivity index (χ3n) is 3.41. The van der Waals surface area contributed by atoms with Crippen LogP contribution in [0.15, 0.2) is 18.2 Å². The lowest BCUT2D eigenvalue weighted by atomic mass is 10.1. The summed E-state index contributed by atoms with van der Waals surface area (Å²) >= 11 is 1.89. The van der Waals surface area contributed by atoms with E-state index < -0.39 is 5.97 Å². The van der Waals surface area contributed by atoms with E-state index in [-0.39, 0.29) is 0 Å². The van der Waals surface area contributed by atoms with Crippen LogP contribution in [-0.4, -0.2) is 28.6 Å². The van der Waals surface area contributed by atoms with Gasteiger partial charge < -0.3 is 10.4 Å². The first-order valence-corrected chi connectivity index (χ1v) is 6.92. The van der Waals surface area contributed by atoms with Gasteiger partial charge in [0, 0.05) is 17.0 Å². The molecular formula is C13H17NO2S. The van der Waals surface area contributed by atoms with Crippen LogP contribution in [0.3, 0.4) is 0 Å². The smallest absolute Gasteiger partial charge is 0.336 e. The Labute approximate surface area is 106 Å². The molecule has 1 saturated carbocycles. The number of hydrogen-bond donors (Lipinski definition) is 2. The van der Waals surface area contributed by atoms with Gasteiger partial charge in [0.15, 0.2) is 0 Å². The van der Waals surface area contributed by atoms with E-state index in [9.17, 15) is 4.79 Å². The molecule has 1 aliphatic rings. The van der Waals surface area contributed by atoms with Crippen molar-refractivity contribution >= 4 is 23.4 Å².